The second kappa shape index (κ2) is 7.00. The predicted molar refractivity (Wildman–Crippen MR) is 82.3 cm³/mol. The number of esters is 1. The predicted octanol–water partition coefficient (Wildman–Crippen LogP) is 2.00. The molecule has 0 bridgehead atoms. The average molecular weight is 317 g/mol. The molecule has 0 aliphatic carbocycles. The van der Waals surface area contributed by atoms with Gasteiger partial charge in [0, 0.05) is 7.05 Å². The summed E-state index contributed by atoms with van der Waals surface area (Å²) in [6.45, 7) is 0. The zero-order valence-electron chi connectivity index (χ0n) is 12.2. The number of rotatable bonds is 4. The highest BCUT2D eigenvalue weighted by molar-refractivity contribution is 7.85. The van der Waals surface area contributed by atoms with E-state index < -0.39 is 16.8 Å². The van der Waals surface area contributed by atoms with Gasteiger partial charge in [-0.3, -0.25) is 4.79 Å². The molecule has 1 unspecified atom stereocenters. The van der Waals surface area contributed by atoms with E-state index in [0.29, 0.717) is 15.4 Å². The van der Waals surface area contributed by atoms with Crippen molar-refractivity contribution in [2.75, 3.05) is 14.2 Å². The van der Waals surface area contributed by atoms with E-state index in [-0.39, 0.29) is 11.5 Å². The molecule has 0 spiro atoms. The third-order valence-corrected chi connectivity index (χ3v) is 4.56. The summed E-state index contributed by atoms with van der Waals surface area (Å²) in [7, 11) is 1.09. The Hall–Kier alpha value is -2.47. The standard InChI is InChI=1S/C16H15NO4S/c1-17-15(18)11-7-3-5-9-13(11)22(20)14-10-6-4-8-12(14)16(19)21-2/h3-10H,1-2H3,(H,17,18). The lowest BCUT2D eigenvalue weighted by molar-refractivity contribution is 0.0596. The van der Waals surface area contributed by atoms with Crippen molar-refractivity contribution in [3.8, 4) is 0 Å². The Labute approximate surface area is 130 Å². The van der Waals surface area contributed by atoms with Gasteiger partial charge in [0.1, 0.15) is 0 Å². The van der Waals surface area contributed by atoms with Crippen LogP contribution in [0.2, 0.25) is 0 Å². The van der Waals surface area contributed by atoms with Crippen molar-refractivity contribution < 1.29 is 18.5 Å². The lowest BCUT2D eigenvalue weighted by Crippen LogP contribution is -2.20. The zero-order valence-corrected chi connectivity index (χ0v) is 13.0. The molecular weight excluding hydrogens is 302 g/mol. The molecule has 0 saturated heterocycles. The Balaban J connectivity index is 2.55. The van der Waals surface area contributed by atoms with Crippen LogP contribution in [0.3, 0.4) is 0 Å². The van der Waals surface area contributed by atoms with Crippen LogP contribution >= 0.6 is 0 Å². The summed E-state index contributed by atoms with van der Waals surface area (Å²) < 4.78 is 17.6. The van der Waals surface area contributed by atoms with Crippen molar-refractivity contribution in [3.63, 3.8) is 0 Å². The lowest BCUT2D eigenvalue weighted by atomic mass is 10.2. The first-order valence-corrected chi connectivity index (χ1v) is 7.65. The molecule has 0 radical (unpaired) electrons. The zero-order chi connectivity index (χ0) is 16.1. The van der Waals surface area contributed by atoms with Crippen molar-refractivity contribution in [1.29, 1.82) is 0 Å². The molecule has 0 fully saturated rings. The minimum Gasteiger partial charge on any atom is -0.465 e. The van der Waals surface area contributed by atoms with Gasteiger partial charge in [-0.1, -0.05) is 24.3 Å². The summed E-state index contributed by atoms with van der Waals surface area (Å²) in [6, 6.07) is 13.1. The monoisotopic (exact) mass is 317 g/mol. The van der Waals surface area contributed by atoms with Crippen LogP contribution in [0.15, 0.2) is 58.3 Å². The Kier molecular flexibility index (Phi) is 5.06. The van der Waals surface area contributed by atoms with Gasteiger partial charge >= 0.3 is 5.97 Å². The smallest absolute Gasteiger partial charge is 0.339 e. The molecule has 2 aromatic rings. The second-order valence-corrected chi connectivity index (χ2v) is 5.75. The number of carbonyl (C=O) groups is 2. The Morgan fingerprint density at radius 3 is 2.00 bits per heavy atom. The van der Waals surface area contributed by atoms with Crippen LogP contribution in [0, 0.1) is 0 Å². The molecule has 1 atom stereocenters. The van der Waals surface area contributed by atoms with Crippen LogP contribution in [-0.2, 0) is 15.5 Å². The van der Waals surface area contributed by atoms with Crippen molar-refractivity contribution >= 4 is 22.7 Å². The van der Waals surface area contributed by atoms with E-state index in [1.807, 2.05) is 0 Å². The number of benzene rings is 2. The fraction of sp³-hybridized carbons (Fsp3) is 0.125. The molecule has 2 rings (SSSR count). The normalized spacial score (nSPS) is 11.5. The van der Waals surface area contributed by atoms with Crippen LogP contribution in [0.4, 0.5) is 0 Å². The maximum absolute atomic E-state index is 12.9. The highest BCUT2D eigenvalue weighted by atomic mass is 32.2. The number of methoxy groups -OCH3 is 1. The number of hydrogen-bond acceptors (Lipinski definition) is 4. The first-order valence-electron chi connectivity index (χ1n) is 6.50. The number of amides is 1. The van der Waals surface area contributed by atoms with E-state index >= 15 is 0 Å². The number of carbonyl (C=O) groups excluding carboxylic acids is 2. The fourth-order valence-corrected chi connectivity index (χ4v) is 3.33. The van der Waals surface area contributed by atoms with Gasteiger partial charge in [-0.05, 0) is 24.3 Å². The molecule has 0 aliphatic heterocycles. The second-order valence-electron chi connectivity index (χ2n) is 4.33. The molecular formula is C16H15NO4S. The summed E-state index contributed by atoms with van der Waals surface area (Å²) in [5.74, 6) is -0.902. The van der Waals surface area contributed by atoms with E-state index in [4.69, 9.17) is 4.74 Å². The largest absolute Gasteiger partial charge is 0.465 e. The van der Waals surface area contributed by atoms with Crippen LogP contribution in [-0.4, -0.2) is 30.2 Å². The Morgan fingerprint density at radius 1 is 0.955 bits per heavy atom. The summed E-state index contributed by atoms with van der Waals surface area (Å²) in [5, 5.41) is 2.51. The summed E-state index contributed by atoms with van der Waals surface area (Å²) >= 11 is 0. The van der Waals surface area contributed by atoms with Gasteiger partial charge in [0.25, 0.3) is 5.91 Å². The number of hydrogen-bond donors (Lipinski definition) is 1. The molecule has 6 heteroatoms. The van der Waals surface area contributed by atoms with E-state index in [0.717, 1.165) is 0 Å². The van der Waals surface area contributed by atoms with Crippen LogP contribution in [0.25, 0.3) is 0 Å². The molecule has 0 aromatic heterocycles. The third kappa shape index (κ3) is 3.07. The van der Waals surface area contributed by atoms with Gasteiger partial charge in [0.2, 0.25) is 0 Å². The molecule has 114 valence electrons. The van der Waals surface area contributed by atoms with Gasteiger partial charge in [-0.25, -0.2) is 9.00 Å². The fourth-order valence-electron chi connectivity index (χ4n) is 1.98. The maximum Gasteiger partial charge on any atom is 0.339 e. The molecule has 2 aromatic carbocycles. The summed E-state index contributed by atoms with van der Waals surface area (Å²) in [6.07, 6.45) is 0. The highest BCUT2D eigenvalue weighted by Crippen LogP contribution is 2.23. The minimum absolute atomic E-state index is 0.218. The molecule has 1 N–H and O–H groups in total. The van der Waals surface area contributed by atoms with Crippen LogP contribution in [0.5, 0.6) is 0 Å². The maximum atomic E-state index is 12.9. The Morgan fingerprint density at radius 2 is 1.45 bits per heavy atom. The van der Waals surface area contributed by atoms with E-state index in [1.54, 1.807) is 48.5 Å². The van der Waals surface area contributed by atoms with Crippen molar-refractivity contribution in [2.24, 2.45) is 0 Å². The van der Waals surface area contributed by atoms with Crippen molar-refractivity contribution in [2.45, 2.75) is 9.79 Å². The van der Waals surface area contributed by atoms with Gasteiger partial charge < -0.3 is 10.1 Å². The molecule has 0 heterocycles. The van der Waals surface area contributed by atoms with Crippen molar-refractivity contribution in [3.05, 3.63) is 59.7 Å². The topological polar surface area (TPSA) is 72.5 Å². The number of nitrogens with one attached hydrogen (secondary N) is 1. The van der Waals surface area contributed by atoms with E-state index in [1.165, 1.54) is 14.2 Å². The Bertz CT molecular complexity index is 681. The summed E-state index contributed by atoms with van der Waals surface area (Å²) in [4.78, 5) is 24.4. The number of ether oxygens (including phenoxy) is 1. The quantitative estimate of drug-likeness (QED) is 0.876. The SMILES string of the molecule is CNC(=O)c1ccccc1S(=O)c1ccccc1C(=O)OC. The van der Waals surface area contributed by atoms with E-state index in [9.17, 15) is 13.8 Å². The average Bonchev–Trinajstić information content (AvgIpc) is 2.59. The first kappa shape index (κ1) is 15.9. The third-order valence-electron chi connectivity index (χ3n) is 3.05. The molecule has 22 heavy (non-hydrogen) atoms. The highest BCUT2D eigenvalue weighted by Gasteiger charge is 2.21. The molecule has 1 amide bonds. The summed E-state index contributed by atoms with van der Waals surface area (Å²) in [5.41, 5.74) is 0.526. The molecule has 0 saturated carbocycles. The molecule has 0 aliphatic rings. The molecule has 5 nitrogen and oxygen atoms in total. The van der Waals surface area contributed by atoms with Gasteiger partial charge in [-0.15, -0.1) is 0 Å². The van der Waals surface area contributed by atoms with Gasteiger partial charge in [0.15, 0.2) is 0 Å². The minimum atomic E-state index is -1.68. The van der Waals surface area contributed by atoms with Crippen LogP contribution < -0.4 is 5.32 Å². The van der Waals surface area contributed by atoms with Gasteiger partial charge in [-0.2, -0.15) is 0 Å². The van der Waals surface area contributed by atoms with E-state index in [2.05, 4.69) is 5.32 Å². The van der Waals surface area contributed by atoms with Crippen molar-refractivity contribution in [1.82, 2.24) is 5.32 Å². The van der Waals surface area contributed by atoms with Gasteiger partial charge in [0.05, 0.1) is 38.8 Å². The van der Waals surface area contributed by atoms with Crippen LogP contribution in [0.1, 0.15) is 20.7 Å². The lowest BCUT2D eigenvalue weighted by Gasteiger charge is -2.10. The first-order chi connectivity index (χ1) is 10.6.